The Morgan fingerprint density at radius 1 is 1.09 bits per heavy atom. The molecule has 0 radical (unpaired) electrons. The third kappa shape index (κ3) is 3.76. The van der Waals surface area contributed by atoms with E-state index in [1.54, 1.807) is 19.3 Å². The van der Waals surface area contributed by atoms with Crippen molar-refractivity contribution in [2.45, 2.75) is 6.92 Å². The van der Waals surface area contributed by atoms with E-state index < -0.39 is 0 Å². The maximum absolute atomic E-state index is 12.2. The molecule has 0 spiro atoms. The van der Waals surface area contributed by atoms with Crippen molar-refractivity contribution in [3.8, 4) is 5.75 Å². The van der Waals surface area contributed by atoms with Gasteiger partial charge in [-0.3, -0.25) is 4.79 Å². The molecule has 3 heteroatoms. The Hall–Kier alpha value is -2.55. The first-order valence-corrected chi connectivity index (χ1v) is 7.15. The van der Waals surface area contributed by atoms with Gasteiger partial charge in [-0.1, -0.05) is 11.6 Å². The number of carbonyl (C=O) groups is 1. The van der Waals surface area contributed by atoms with Crippen molar-refractivity contribution in [3.05, 3.63) is 65.2 Å². The van der Waals surface area contributed by atoms with Gasteiger partial charge < -0.3 is 9.64 Å². The molecule has 0 bridgehead atoms. The zero-order valence-corrected chi connectivity index (χ0v) is 13.5. The summed E-state index contributed by atoms with van der Waals surface area (Å²) in [6.07, 6.45) is 3.38. The maximum atomic E-state index is 12.2. The van der Waals surface area contributed by atoms with E-state index in [2.05, 4.69) is 0 Å². The highest BCUT2D eigenvalue weighted by Crippen LogP contribution is 2.21. The van der Waals surface area contributed by atoms with Crippen molar-refractivity contribution in [1.29, 1.82) is 0 Å². The second-order valence-corrected chi connectivity index (χ2v) is 5.38. The van der Waals surface area contributed by atoms with Gasteiger partial charge in [0.15, 0.2) is 5.78 Å². The van der Waals surface area contributed by atoms with E-state index in [1.165, 1.54) is 0 Å². The summed E-state index contributed by atoms with van der Waals surface area (Å²) in [6, 6.07) is 13.5. The molecule has 0 amide bonds. The zero-order chi connectivity index (χ0) is 16.1. The molecular formula is C19H21NO2. The summed E-state index contributed by atoms with van der Waals surface area (Å²) in [5.74, 6) is 0.742. The Morgan fingerprint density at radius 3 is 2.36 bits per heavy atom. The van der Waals surface area contributed by atoms with Crippen LogP contribution in [0.1, 0.15) is 21.5 Å². The topological polar surface area (TPSA) is 29.5 Å². The molecular weight excluding hydrogens is 274 g/mol. The average molecular weight is 295 g/mol. The summed E-state index contributed by atoms with van der Waals surface area (Å²) < 4.78 is 5.31. The van der Waals surface area contributed by atoms with Gasteiger partial charge in [0.2, 0.25) is 0 Å². The summed E-state index contributed by atoms with van der Waals surface area (Å²) in [7, 11) is 5.57. The van der Waals surface area contributed by atoms with Crippen LogP contribution in [0.25, 0.3) is 6.08 Å². The molecule has 3 nitrogen and oxygen atoms in total. The van der Waals surface area contributed by atoms with E-state index in [9.17, 15) is 4.79 Å². The number of rotatable bonds is 5. The van der Waals surface area contributed by atoms with Gasteiger partial charge >= 0.3 is 0 Å². The van der Waals surface area contributed by atoms with Crippen LogP contribution >= 0.6 is 0 Å². The number of hydrogen-bond donors (Lipinski definition) is 0. The van der Waals surface area contributed by atoms with Gasteiger partial charge in [0.1, 0.15) is 5.75 Å². The summed E-state index contributed by atoms with van der Waals surface area (Å²) in [5.41, 5.74) is 3.78. The fourth-order valence-corrected chi connectivity index (χ4v) is 2.17. The van der Waals surface area contributed by atoms with Crippen LogP contribution in [0.4, 0.5) is 5.69 Å². The van der Waals surface area contributed by atoms with E-state index in [0.717, 1.165) is 22.6 Å². The van der Waals surface area contributed by atoms with Crippen LogP contribution in [-0.4, -0.2) is 27.0 Å². The second-order valence-electron chi connectivity index (χ2n) is 5.38. The van der Waals surface area contributed by atoms with Gasteiger partial charge in [-0.25, -0.2) is 0 Å². The molecule has 0 saturated heterocycles. The third-order valence-electron chi connectivity index (χ3n) is 3.47. The van der Waals surface area contributed by atoms with E-state index >= 15 is 0 Å². The number of nitrogens with zero attached hydrogens (tertiary/aromatic N) is 1. The van der Waals surface area contributed by atoms with Gasteiger partial charge in [0, 0.05) is 30.9 Å². The van der Waals surface area contributed by atoms with Crippen LogP contribution in [0, 0.1) is 6.92 Å². The van der Waals surface area contributed by atoms with Crippen molar-refractivity contribution in [2.75, 3.05) is 26.1 Å². The van der Waals surface area contributed by atoms with E-state index in [0.29, 0.717) is 5.56 Å². The predicted octanol–water partition coefficient (Wildman–Crippen LogP) is 3.97. The van der Waals surface area contributed by atoms with Crippen LogP contribution in [0.15, 0.2) is 48.5 Å². The molecule has 0 fully saturated rings. The van der Waals surface area contributed by atoms with E-state index in [-0.39, 0.29) is 5.78 Å². The Labute approximate surface area is 131 Å². The minimum absolute atomic E-state index is 0.0196. The molecule has 2 aromatic carbocycles. The lowest BCUT2D eigenvalue weighted by atomic mass is 10.1. The van der Waals surface area contributed by atoms with Gasteiger partial charge in [-0.2, -0.15) is 0 Å². The molecule has 0 aliphatic carbocycles. The van der Waals surface area contributed by atoms with Crippen molar-refractivity contribution in [2.24, 2.45) is 0 Å². The monoisotopic (exact) mass is 295 g/mol. The first-order chi connectivity index (χ1) is 10.5. The number of methoxy groups -OCH3 is 1. The Balaban J connectivity index is 2.19. The predicted molar refractivity (Wildman–Crippen MR) is 91.9 cm³/mol. The summed E-state index contributed by atoms with van der Waals surface area (Å²) in [6.45, 7) is 2.01. The number of hydrogen-bond acceptors (Lipinski definition) is 3. The molecule has 0 aromatic heterocycles. The molecule has 2 rings (SSSR count). The van der Waals surface area contributed by atoms with Gasteiger partial charge in [0.25, 0.3) is 0 Å². The molecule has 0 heterocycles. The zero-order valence-electron chi connectivity index (χ0n) is 13.5. The van der Waals surface area contributed by atoms with Crippen LogP contribution in [-0.2, 0) is 0 Å². The molecule has 0 atom stereocenters. The smallest absolute Gasteiger partial charge is 0.185 e. The summed E-state index contributed by atoms with van der Waals surface area (Å²) >= 11 is 0. The lowest BCUT2D eigenvalue weighted by Crippen LogP contribution is -2.08. The van der Waals surface area contributed by atoms with Crippen LogP contribution in [0.2, 0.25) is 0 Å². The van der Waals surface area contributed by atoms with Crippen molar-refractivity contribution < 1.29 is 9.53 Å². The molecule has 0 saturated carbocycles. The number of benzene rings is 2. The highest BCUT2D eigenvalue weighted by atomic mass is 16.5. The minimum atomic E-state index is -0.0196. The van der Waals surface area contributed by atoms with Crippen molar-refractivity contribution in [1.82, 2.24) is 0 Å². The Kier molecular flexibility index (Phi) is 4.99. The Bertz CT molecular complexity index is 685. The van der Waals surface area contributed by atoms with Gasteiger partial charge in [-0.15, -0.1) is 0 Å². The summed E-state index contributed by atoms with van der Waals surface area (Å²) in [5, 5.41) is 0. The van der Waals surface area contributed by atoms with E-state index in [4.69, 9.17) is 4.74 Å². The number of anilines is 1. The number of aryl methyl sites for hydroxylation is 1. The van der Waals surface area contributed by atoms with Crippen molar-refractivity contribution in [3.63, 3.8) is 0 Å². The molecule has 0 aliphatic rings. The average Bonchev–Trinajstić information content (AvgIpc) is 2.52. The molecule has 0 aliphatic heterocycles. The van der Waals surface area contributed by atoms with Crippen LogP contribution in [0.5, 0.6) is 5.75 Å². The van der Waals surface area contributed by atoms with Gasteiger partial charge in [0.05, 0.1) is 7.11 Å². The van der Waals surface area contributed by atoms with Crippen molar-refractivity contribution >= 4 is 17.5 Å². The minimum Gasteiger partial charge on any atom is -0.496 e. The fourth-order valence-electron chi connectivity index (χ4n) is 2.17. The van der Waals surface area contributed by atoms with E-state index in [1.807, 2.05) is 68.4 Å². The maximum Gasteiger partial charge on any atom is 0.185 e. The largest absolute Gasteiger partial charge is 0.496 e. The molecule has 0 N–H and O–H groups in total. The normalized spacial score (nSPS) is 10.7. The first-order valence-electron chi connectivity index (χ1n) is 7.15. The third-order valence-corrected chi connectivity index (χ3v) is 3.47. The molecule has 0 unspecified atom stereocenters. The number of ketones is 1. The highest BCUT2D eigenvalue weighted by molar-refractivity contribution is 6.07. The molecule has 2 aromatic rings. The Morgan fingerprint density at radius 2 is 1.77 bits per heavy atom. The lowest BCUT2D eigenvalue weighted by Gasteiger charge is -2.11. The molecule has 22 heavy (non-hydrogen) atoms. The first kappa shape index (κ1) is 15.8. The SMILES string of the molecule is COc1ccc(C)cc1/C=C/C(=O)c1ccc(N(C)C)cc1. The fraction of sp³-hybridized carbons (Fsp3) is 0.211. The highest BCUT2D eigenvalue weighted by Gasteiger charge is 2.04. The number of ether oxygens (including phenoxy) is 1. The summed E-state index contributed by atoms with van der Waals surface area (Å²) in [4.78, 5) is 14.2. The molecule has 114 valence electrons. The van der Waals surface area contributed by atoms with Crippen LogP contribution < -0.4 is 9.64 Å². The van der Waals surface area contributed by atoms with Crippen LogP contribution in [0.3, 0.4) is 0 Å². The number of allylic oxidation sites excluding steroid dienone is 1. The quantitative estimate of drug-likeness (QED) is 0.617. The lowest BCUT2D eigenvalue weighted by molar-refractivity contribution is 0.104. The standard InChI is InChI=1S/C19H21NO2/c1-14-5-12-19(22-4)16(13-14)8-11-18(21)15-6-9-17(10-7-15)20(2)3/h5-13H,1-4H3/b11-8+. The second kappa shape index (κ2) is 6.94. The van der Waals surface area contributed by atoms with Gasteiger partial charge in [-0.05, 0) is 55.5 Å². The number of carbonyl (C=O) groups excluding carboxylic acids is 1.